The minimum Gasteiger partial charge on any atom is -0.508 e. The lowest BCUT2D eigenvalue weighted by atomic mass is 10.0. The third-order valence-electron chi connectivity index (χ3n) is 7.53. The third kappa shape index (κ3) is 5.82. The molecule has 0 spiro atoms. The molecule has 0 amide bonds. The molecular formula is C36H28F2N2O3S. The van der Waals surface area contributed by atoms with Gasteiger partial charge in [-0.25, -0.2) is 8.78 Å². The van der Waals surface area contributed by atoms with Gasteiger partial charge < -0.3 is 9.67 Å². The molecule has 6 aromatic rings. The lowest BCUT2D eigenvalue weighted by Gasteiger charge is -2.18. The summed E-state index contributed by atoms with van der Waals surface area (Å²) in [5, 5.41) is 10.3. The van der Waals surface area contributed by atoms with E-state index < -0.39 is 22.8 Å². The lowest BCUT2D eigenvalue weighted by molar-refractivity contribution is 0.103. The number of fused-ring (bicyclic) bond motifs is 1. The predicted octanol–water partition coefficient (Wildman–Crippen LogP) is 7.63. The molecule has 0 saturated carbocycles. The maximum absolute atomic E-state index is 14.9. The van der Waals surface area contributed by atoms with Crippen LogP contribution in [0.3, 0.4) is 0 Å². The maximum atomic E-state index is 14.9. The molecule has 6 rings (SSSR count). The van der Waals surface area contributed by atoms with Gasteiger partial charge in [0.05, 0.1) is 17.5 Å². The molecule has 0 fully saturated rings. The molecule has 1 N–H and O–H groups in total. The number of hydrogen-bond acceptors (Lipinski definition) is 5. The maximum Gasteiger partial charge on any atom is 0.201 e. The van der Waals surface area contributed by atoms with Crippen LogP contribution in [0.5, 0.6) is 5.75 Å². The van der Waals surface area contributed by atoms with Crippen LogP contribution < -0.4 is 5.43 Å². The first-order valence-corrected chi connectivity index (χ1v) is 14.8. The molecule has 220 valence electrons. The number of phenolic OH excluding ortho intramolecular Hbond substituents is 1. The second-order valence-electron chi connectivity index (χ2n) is 10.7. The highest BCUT2D eigenvalue weighted by Gasteiger charge is 2.25. The Kier molecular flexibility index (Phi) is 8.19. The zero-order valence-corrected chi connectivity index (χ0v) is 24.7. The molecular weight excluding hydrogens is 578 g/mol. The van der Waals surface area contributed by atoms with Crippen LogP contribution in [-0.4, -0.2) is 27.4 Å². The molecule has 0 aliphatic rings. The van der Waals surface area contributed by atoms with Gasteiger partial charge >= 0.3 is 0 Å². The number of ketones is 1. The molecule has 4 aromatic carbocycles. The number of phenols is 1. The summed E-state index contributed by atoms with van der Waals surface area (Å²) < 4.78 is 31.4. The van der Waals surface area contributed by atoms with Crippen LogP contribution >= 0.6 is 11.3 Å². The first kappa shape index (κ1) is 29.2. The summed E-state index contributed by atoms with van der Waals surface area (Å²) in [7, 11) is 1.95. The number of nitrogens with zero attached hydrogens (tertiary/aromatic N) is 2. The summed E-state index contributed by atoms with van der Waals surface area (Å²) in [6, 6.07) is 28.8. The Bertz CT molecular complexity index is 2000. The third-order valence-corrected chi connectivity index (χ3v) is 8.85. The summed E-state index contributed by atoms with van der Waals surface area (Å²) in [5.74, 6) is -1.80. The normalized spacial score (nSPS) is 11.4. The largest absolute Gasteiger partial charge is 0.508 e. The molecule has 0 saturated heterocycles. The topological polar surface area (TPSA) is 62.5 Å². The number of aromatic hydroxyl groups is 1. The molecule has 44 heavy (non-hydrogen) atoms. The zero-order valence-electron chi connectivity index (χ0n) is 23.8. The molecule has 0 bridgehead atoms. The predicted molar refractivity (Wildman–Crippen MR) is 170 cm³/mol. The average Bonchev–Trinajstić information content (AvgIpc) is 3.40. The number of carbonyl (C=O) groups excluding carboxylic acids is 1. The van der Waals surface area contributed by atoms with Crippen molar-refractivity contribution in [1.29, 1.82) is 0 Å². The van der Waals surface area contributed by atoms with Crippen molar-refractivity contribution < 1.29 is 18.7 Å². The lowest BCUT2D eigenvalue weighted by Crippen LogP contribution is -2.22. The van der Waals surface area contributed by atoms with E-state index >= 15 is 0 Å². The fourth-order valence-electron chi connectivity index (χ4n) is 5.39. The van der Waals surface area contributed by atoms with E-state index in [1.807, 2.05) is 37.4 Å². The van der Waals surface area contributed by atoms with Gasteiger partial charge in [0.1, 0.15) is 22.2 Å². The SMILES string of the molecule is CN(Cc1ccccc1)Cc1c(-c2ccc(O)cc2)sc2c1c(=O)c(C(=O)c1ccccc1)cn2Cc1c(F)cccc1F. The Morgan fingerprint density at radius 3 is 2.11 bits per heavy atom. The van der Waals surface area contributed by atoms with Crippen LogP contribution in [0.2, 0.25) is 0 Å². The van der Waals surface area contributed by atoms with Crippen LogP contribution in [0.15, 0.2) is 114 Å². The van der Waals surface area contributed by atoms with Gasteiger partial charge in [-0.2, -0.15) is 0 Å². The number of thiophene rings is 1. The van der Waals surface area contributed by atoms with Gasteiger partial charge in [-0.05, 0) is 60.1 Å². The molecule has 8 heteroatoms. The van der Waals surface area contributed by atoms with E-state index in [2.05, 4.69) is 4.90 Å². The highest BCUT2D eigenvalue weighted by molar-refractivity contribution is 7.22. The van der Waals surface area contributed by atoms with Crippen molar-refractivity contribution in [3.8, 4) is 16.2 Å². The number of rotatable bonds is 9. The summed E-state index contributed by atoms with van der Waals surface area (Å²) in [4.78, 5) is 31.4. The number of pyridine rings is 1. The highest BCUT2D eigenvalue weighted by Crippen LogP contribution is 2.39. The van der Waals surface area contributed by atoms with Crippen molar-refractivity contribution in [2.24, 2.45) is 0 Å². The van der Waals surface area contributed by atoms with Crippen molar-refractivity contribution in [2.45, 2.75) is 19.6 Å². The molecule has 0 aliphatic heterocycles. The Labute approximate surface area is 256 Å². The van der Waals surface area contributed by atoms with Crippen LogP contribution in [0.4, 0.5) is 8.78 Å². The number of aromatic nitrogens is 1. The van der Waals surface area contributed by atoms with E-state index in [4.69, 9.17) is 0 Å². The van der Waals surface area contributed by atoms with Crippen LogP contribution in [-0.2, 0) is 19.6 Å². The monoisotopic (exact) mass is 606 g/mol. The number of benzene rings is 4. The summed E-state index contributed by atoms with van der Waals surface area (Å²) in [5.41, 5.74) is 2.21. The number of halogens is 2. The van der Waals surface area contributed by atoms with Crippen LogP contribution in [0.1, 0.15) is 32.6 Å². The Hall–Kier alpha value is -4.92. The number of hydrogen-bond donors (Lipinski definition) is 1. The van der Waals surface area contributed by atoms with E-state index in [1.54, 1.807) is 59.2 Å². The zero-order chi connectivity index (χ0) is 30.8. The van der Waals surface area contributed by atoms with Crippen molar-refractivity contribution in [3.63, 3.8) is 0 Å². The first-order valence-electron chi connectivity index (χ1n) is 14.0. The van der Waals surface area contributed by atoms with Gasteiger partial charge in [0.15, 0.2) is 5.78 Å². The second-order valence-corrected chi connectivity index (χ2v) is 11.7. The Morgan fingerprint density at radius 1 is 0.818 bits per heavy atom. The minimum absolute atomic E-state index is 0.0810. The molecule has 0 unspecified atom stereocenters. The van der Waals surface area contributed by atoms with Gasteiger partial charge in [0, 0.05) is 35.3 Å². The number of carbonyl (C=O) groups is 1. The molecule has 5 nitrogen and oxygen atoms in total. The fourth-order valence-corrected chi connectivity index (χ4v) is 6.68. The standard InChI is InChI=1S/C36H28F2N2O3S/c1-39(19-23-9-4-2-5-10-23)20-28-32-34(43)29(33(42)24-11-6-3-7-12-24)22-40(21-27-30(37)13-8-14-31(27)38)36(32)44-35(28)25-15-17-26(41)18-16-25/h2-18,22,41H,19-21H2,1H3. The van der Waals surface area contributed by atoms with Crippen LogP contribution in [0.25, 0.3) is 20.7 Å². The van der Waals surface area contributed by atoms with Gasteiger partial charge in [0.2, 0.25) is 5.43 Å². The van der Waals surface area contributed by atoms with Crippen molar-refractivity contribution in [3.05, 3.63) is 159 Å². The minimum atomic E-state index is -0.717. The summed E-state index contributed by atoms with van der Waals surface area (Å²) in [6.45, 7) is 0.737. The van der Waals surface area contributed by atoms with Crippen molar-refractivity contribution in [2.75, 3.05) is 7.05 Å². The smallest absolute Gasteiger partial charge is 0.201 e. The van der Waals surface area contributed by atoms with E-state index in [-0.39, 0.29) is 23.4 Å². The van der Waals surface area contributed by atoms with Crippen molar-refractivity contribution in [1.82, 2.24) is 9.47 Å². The molecule has 2 aromatic heterocycles. The van der Waals surface area contributed by atoms with Gasteiger partial charge in [-0.15, -0.1) is 11.3 Å². The van der Waals surface area contributed by atoms with Gasteiger partial charge in [-0.1, -0.05) is 66.7 Å². The van der Waals surface area contributed by atoms with E-state index in [9.17, 15) is 23.5 Å². The summed E-state index contributed by atoms with van der Waals surface area (Å²) >= 11 is 1.32. The van der Waals surface area contributed by atoms with E-state index in [0.717, 1.165) is 16.0 Å². The average molecular weight is 607 g/mol. The molecule has 2 heterocycles. The Balaban J connectivity index is 1.60. The van der Waals surface area contributed by atoms with Crippen LogP contribution in [0, 0.1) is 11.6 Å². The second kappa shape index (κ2) is 12.4. The quantitative estimate of drug-likeness (QED) is 0.172. The Morgan fingerprint density at radius 2 is 1.45 bits per heavy atom. The van der Waals surface area contributed by atoms with Gasteiger partial charge in [0.25, 0.3) is 0 Å². The summed E-state index contributed by atoms with van der Waals surface area (Å²) in [6.07, 6.45) is 1.42. The van der Waals surface area contributed by atoms with E-state index in [0.29, 0.717) is 34.4 Å². The molecule has 0 radical (unpaired) electrons. The fraction of sp³-hybridized carbons (Fsp3) is 0.111. The van der Waals surface area contributed by atoms with Crippen molar-refractivity contribution >= 4 is 27.3 Å². The molecule has 0 atom stereocenters. The first-order chi connectivity index (χ1) is 21.3. The van der Waals surface area contributed by atoms with E-state index in [1.165, 1.54) is 35.7 Å². The van der Waals surface area contributed by atoms with Gasteiger partial charge in [-0.3, -0.25) is 14.5 Å². The highest BCUT2D eigenvalue weighted by atomic mass is 32.1. The molecule has 0 aliphatic carbocycles.